The highest BCUT2D eigenvalue weighted by atomic mass is 32.2. The molecule has 0 spiro atoms. The predicted molar refractivity (Wildman–Crippen MR) is 132 cm³/mol. The molecule has 0 aliphatic carbocycles. The fourth-order valence-electron chi connectivity index (χ4n) is 2.74. The van der Waals surface area contributed by atoms with Gasteiger partial charge in [0.25, 0.3) is 21.8 Å². The molecule has 34 heavy (non-hydrogen) atoms. The highest BCUT2D eigenvalue weighted by Crippen LogP contribution is 2.20. The lowest BCUT2D eigenvalue weighted by molar-refractivity contribution is -0.113. The number of carbonyl (C=O) groups is 2. The monoisotopic (exact) mass is 511 g/mol. The lowest BCUT2D eigenvalue weighted by Gasteiger charge is -2.11. The third kappa shape index (κ3) is 5.92. The minimum absolute atomic E-state index is 0.00790. The largest absolute Gasteiger partial charge is 0.321 e. The Labute approximate surface area is 203 Å². The molecule has 1 aromatic carbocycles. The van der Waals surface area contributed by atoms with E-state index in [2.05, 4.69) is 25.3 Å². The number of carbonyl (C=O) groups excluding carboxylic acids is 2. The maximum Gasteiger partial charge on any atom is 0.272 e. The zero-order valence-corrected chi connectivity index (χ0v) is 19.8. The van der Waals surface area contributed by atoms with Crippen LogP contribution in [-0.4, -0.2) is 30.2 Å². The normalized spacial score (nSPS) is 11.6. The summed E-state index contributed by atoms with van der Waals surface area (Å²) in [6.07, 6.45) is 6.15. The van der Waals surface area contributed by atoms with Crippen molar-refractivity contribution in [3.63, 3.8) is 0 Å². The van der Waals surface area contributed by atoms with Crippen molar-refractivity contribution in [2.45, 2.75) is 4.90 Å². The van der Waals surface area contributed by atoms with Gasteiger partial charge >= 0.3 is 0 Å². The maximum absolute atomic E-state index is 13.0. The van der Waals surface area contributed by atoms with Crippen LogP contribution in [0.4, 0.5) is 10.8 Å². The van der Waals surface area contributed by atoms with E-state index in [4.69, 9.17) is 0 Å². The van der Waals surface area contributed by atoms with E-state index < -0.39 is 21.8 Å². The van der Waals surface area contributed by atoms with Crippen LogP contribution in [0.15, 0.2) is 88.5 Å². The summed E-state index contributed by atoms with van der Waals surface area (Å²) in [6.45, 7) is 0. The molecule has 0 aliphatic rings. The summed E-state index contributed by atoms with van der Waals surface area (Å²) >= 11 is 2.41. The standard InChI is InChI=1S/C22H17N5O4S3/c28-20(18(13-15-3-1-9-23-14-15)26-21(29)19-4-2-11-32-19)25-16-5-7-17(8-6-16)34(30,31)27-22-24-10-12-33-22/h1-14H,(H,24,27)(H,25,28)(H,26,29)/b18-13+. The number of aromatic nitrogens is 2. The van der Waals surface area contributed by atoms with Crippen LogP contribution in [-0.2, 0) is 14.8 Å². The average molecular weight is 512 g/mol. The number of thiazole rings is 1. The Hall–Kier alpha value is -3.87. The van der Waals surface area contributed by atoms with E-state index in [-0.39, 0.29) is 15.7 Å². The van der Waals surface area contributed by atoms with Crippen molar-refractivity contribution in [3.05, 3.63) is 94.0 Å². The molecule has 12 heteroatoms. The minimum atomic E-state index is -3.82. The van der Waals surface area contributed by atoms with E-state index in [9.17, 15) is 18.0 Å². The molecular formula is C22H17N5O4S3. The van der Waals surface area contributed by atoms with Crippen molar-refractivity contribution in [2.24, 2.45) is 0 Å². The van der Waals surface area contributed by atoms with E-state index in [0.717, 1.165) is 11.3 Å². The Kier molecular flexibility index (Phi) is 7.11. The molecule has 0 saturated carbocycles. The minimum Gasteiger partial charge on any atom is -0.321 e. The summed E-state index contributed by atoms with van der Waals surface area (Å²) < 4.78 is 27.4. The summed E-state index contributed by atoms with van der Waals surface area (Å²) in [6, 6.07) is 12.5. The van der Waals surface area contributed by atoms with E-state index in [1.54, 1.807) is 47.4 Å². The highest BCUT2D eigenvalue weighted by molar-refractivity contribution is 7.93. The molecule has 0 saturated heterocycles. The smallest absolute Gasteiger partial charge is 0.272 e. The lowest BCUT2D eigenvalue weighted by Crippen LogP contribution is -2.30. The van der Waals surface area contributed by atoms with Gasteiger partial charge in [-0.15, -0.1) is 22.7 Å². The van der Waals surface area contributed by atoms with Crippen LogP contribution < -0.4 is 15.4 Å². The van der Waals surface area contributed by atoms with Gasteiger partial charge in [-0.1, -0.05) is 12.1 Å². The summed E-state index contributed by atoms with van der Waals surface area (Å²) in [5.74, 6) is -1.000. The molecule has 0 unspecified atom stereocenters. The lowest BCUT2D eigenvalue weighted by atomic mass is 10.2. The first-order valence-electron chi connectivity index (χ1n) is 9.71. The molecule has 0 atom stereocenters. The van der Waals surface area contributed by atoms with Gasteiger partial charge in [0.2, 0.25) is 0 Å². The summed E-state index contributed by atoms with van der Waals surface area (Å²) in [5, 5.41) is 8.98. The molecule has 0 bridgehead atoms. The number of sulfonamides is 1. The predicted octanol–water partition coefficient (Wildman–Crippen LogP) is 3.81. The van der Waals surface area contributed by atoms with Crippen LogP contribution in [0.1, 0.15) is 15.2 Å². The number of nitrogens with one attached hydrogen (secondary N) is 3. The second-order valence-electron chi connectivity index (χ2n) is 6.70. The molecule has 4 aromatic rings. The first kappa shape index (κ1) is 23.3. The molecule has 3 N–H and O–H groups in total. The van der Waals surface area contributed by atoms with Crippen LogP contribution in [0.25, 0.3) is 6.08 Å². The topological polar surface area (TPSA) is 130 Å². The number of amides is 2. The molecule has 9 nitrogen and oxygen atoms in total. The number of nitrogens with zero attached hydrogens (tertiary/aromatic N) is 2. The average Bonchev–Trinajstić information content (AvgIpc) is 3.54. The molecule has 0 radical (unpaired) electrons. The van der Waals surface area contributed by atoms with E-state index in [1.165, 1.54) is 47.9 Å². The Bertz CT molecular complexity index is 1400. The highest BCUT2D eigenvalue weighted by Gasteiger charge is 2.18. The van der Waals surface area contributed by atoms with E-state index in [0.29, 0.717) is 16.1 Å². The third-order valence-corrected chi connectivity index (χ3v) is 7.35. The van der Waals surface area contributed by atoms with Crippen molar-refractivity contribution in [3.8, 4) is 0 Å². The number of pyridine rings is 1. The van der Waals surface area contributed by atoms with Gasteiger partial charge < -0.3 is 10.6 Å². The molecule has 3 aromatic heterocycles. The SMILES string of the molecule is O=C(Nc1ccc(S(=O)(=O)Nc2nccs2)cc1)/C(=C\c1cccnc1)NC(=O)c1cccs1. The van der Waals surface area contributed by atoms with Crippen molar-refractivity contribution in [1.29, 1.82) is 0 Å². The Balaban J connectivity index is 1.51. The third-order valence-electron chi connectivity index (χ3n) is 4.31. The first-order valence-corrected chi connectivity index (χ1v) is 13.0. The molecular weight excluding hydrogens is 494 g/mol. The fraction of sp³-hybridized carbons (Fsp3) is 0. The van der Waals surface area contributed by atoms with E-state index >= 15 is 0 Å². The molecule has 0 fully saturated rings. The van der Waals surface area contributed by atoms with Crippen LogP contribution >= 0.6 is 22.7 Å². The zero-order chi connectivity index (χ0) is 24.0. The number of hydrogen-bond donors (Lipinski definition) is 3. The number of thiophene rings is 1. The molecule has 2 amide bonds. The Morgan fingerprint density at radius 1 is 0.941 bits per heavy atom. The van der Waals surface area contributed by atoms with Gasteiger partial charge in [0.1, 0.15) is 5.70 Å². The number of anilines is 2. The number of benzene rings is 1. The second kappa shape index (κ2) is 10.4. The van der Waals surface area contributed by atoms with Crippen LogP contribution in [0.3, 0.4) is 0 Å². The van der Waals surface area contributed by atoms with Crippen LogP contribution in [0, 0.1) is 0 Å². The molecule has 0 aliphatic heterocycles. The fourth-order valence-corrected chi connectivity index (χ4v) is 5.15. The van der Waals surface area contributed by atoms with Gasteiger partial charge in [-0.25, -0.2) is 13.4 Å². The van der Waals surface area contributed by atoms with Gasteiger partial charge in [-0.05, 0) is 53.4 Å². The van der Waals surface area contributed by atoms with Gasteiger partial charge in [0.05, 0.1) is 9.77 Å². The molecule has 4 rings (SSSR count). The maximum atomic E-state index is 13.0. The molecule has 3 heterocycles. The van der Waals surface area contributed by atoms with Crippen LogP contribution in [0.5, 0.6) is 0 Å². The van der Waals surface area contributed by atoms with E-state index in [1.807, 2.05) is 0 Å². The first-order chi connectivity index (χ1) is 16.4. The van der Waals surface area contributed by atoms with Gasteiger partial charge in [0, 0.05) is 29.7 Å². The van der Waals surface area contributed by atoms with Crippen LogP contribution in [0.2, 0.25) is 0 Å². The second-order valence-corrected chi connectivity index (χ2v) is 10.2. The van der Waals surface area contributed by atoms with Crippen molar-refractivity contribution >= 4 is 61.4 Å². The van der Waals surface area contributed by atoms with Crippen molar-refractivity contribution < 1.29 is 18.0 Å². The van der Waals surface area contributed by atoms with Gasteiger partial charge in [-0.3, -0.25) is 19.3 Å². The Morgan fingerprint density at radius 3 is 2.41 bits per heavy atom. The van der Waals surface area contributed by atoms with Crippen molar-refractivity contribution in [1.82, 2.24) is 15.3 Å². The van der Waals surface area contributed by atoms with Gasteiger partial charge in [0.15, 0.2) is 5.13 Å². The molecule has 172 valence electrons. The number of rotatable bonds is 8. The van der Waals surface area contributed by atoms with Crippen molar-refractivity contribution in [2.75, 3.05) is 10.0 Å². The van der Waals surface area contributed by atoms with Gasteiger partial charge in [-0.2, -0.15) is 0 Å². The summed E-state index contributed by atoms with van der Waals surface area (Å²) in [5.41, 5.74) is 0.975. The quantitative estimate of drug-likeness (QED) is 0.309. The number of hydrogen-bond acceptors (Lipinski definition) is 8. The summed E-state index contributed by atoms with van der Waals surface area (Å²) in [7, 11) is -3.82. The zero-order valence-electron chi connectivity index (χ0n) is 17.3. The Morgan fingerprint density at radius 2 is 1.76 bits per heavy atom. The summed E-state index contributed by atoms with van der Waals surface area (Å²) in [4.78, 5) is 33.9.